The van der Waals surface area contributed by atoms with Gasteiger partial charge in [0.15, 0.2) is 0 Å². The van der Waals surface area contributed by atoms with Crippen LogP contribution in [0.15, 0.2) is 53.4 Å². The largest absolute Gasteiger partial charge is 1.00 e. The van der Waals surface area contributed by atoms with Gasteiger partial charge < -0.3 is 15.0 Å². The Morgan fingerprint density at radius 1 is 1.06 bits per heavy atom. The van der Waals surface area contributed by atoms with Crippen LogP contribution < -0.4 is 39.0 Å². The molecule has 12 heteroatoms. The molecular formula is C23H23F3NNaO5S2. The summed E-state index contributed by atoms with van der Waals surface area (Å²) in [6.07, 6.45) is -5.76. The second-order valence-corrected chi connectivity index (χ2v) is 11.2. The molecule has 3 rings (SSSR count). The van der Waals surface area contributed by atoms with Crippen LogP contribution in [0.25, 0.3) is 10.1 Å². The van der Waals surface area contributed by atoms with Crippen LogP contribution in [-0.2, 0) is 15.6 Å². The average molecular weight is 538 g/mol. The number of hydrogen-bond acceptors (Lipinski definition) is 6. The Balaban J connectivity index is 0.00000432. The van der Waals surface area contributed by atoms with Crippen molar-refractivity contribution in [3.05, 3.63) is 59.7 Å². The predicted molar refractivity (Wildman–Crippen MR) is 122 cm³/mol. The summed E-state index contributed by atoms with van der Waals surface area (Å²) in [5, 5.41) is 22.8. The van der Waals surface area contributed by atoms with E-state index in [-0.39, 0.29) is 64.4 Å². The molecule has 0 saturated carbocycles. The number of unbranched alkanes of at least 4 members (excludes halogenated alkanes) is 1. The minimum atomic E-state index is -4.36. The smallest absolute Gasteiger partial charge is 0.545 e. The third kappa shape index (κ3) is 6.99. The van der Waals surface area contributed by atoms with Crippen LogP contribution in [0.1, 0.15) is 49.0 Å². The van der Waals surface area contributed by atoms with Crippen molar-refractivity contribution in [1.82, 2.24) is 0 Å². The Hall–Kier alpha value is -1.63. The molecule has 0 aliphatic rings. The number of carboxylic acids is 1. The Kier molecular flexibility index (Phi) is 9.46. The third-order valence-electron chi connectivity index (χ3n) is 5.16. The first kappa shape index (κ1) is 29.6. The molecule has 0 radical (unpaired) electrons. The molecule has 184 valence electrons. The summed E-state index contributed by atoms with van der Waals surface area (Å²) in [6, 6.07) is 11.4. The molecule has 0 atom stereocenters. The number of benzene rings is 2. The zero-order valence-electron chi connectivity index (χ0n) is 19.4. The second-order valence-electron chi connectivity index (χ2n) is 8.30. The summed E-state index contributed by atoms with van der Waals surface area (Å²) in [4.78, 5) is 10.8. The van der Waals surface area contributed by atoms with Crippen LogP contribution >= 0.6 is 11.3 Å². The second kappa shape index (κ2) is 11.2. The average Bonchev–Trinajstić information content (AvgIpc) is 3.12. The molecule has 2 aromatic carbocycles. The van der Waals surface area contributed by atoms with E-state index in [1.54, 1.807) is 24.3 Å². The SMILES string of the molecule is CC(C)(O)c1c(N(CCCCC(F)(F)F)S(=O)(=O)c2ccc(C(=O)[O-])cc2)sc2ccccc12.[Na+]. The van der Waals surface area contributed by atoms with Gasteiger partial charge in [-0.15, -0.1) is 11.3 Å². The molecule has 0 unspecified atom stereocenters. The Bertz CT molecular complexity index is 1280. The topological polar surface area (TPSA) is 97.7 Å². The van der Waals surface area contributed by atoms with Gasteiger partial charge in [-0.2, -0.15) is 13.2 Å². The zero-order chi connectivity index (χ0) is 25.3. The van der Waals surface area contributed by atoms with Gasteiger partial charge in [0.05, 0.1) is 16.5 Å². The molecule has 1 heterocycles. The number of alkyl halides is 3. The number of aliphatic hydroxyl groups is 1. The van der Waals surface area contributed by atoms with Gasteiger partial charge >= 0.3 is 35.7 Å². The first-order valence-electron chi connectivity index (χ1n) is 10.4. The van der Waals surface area contributed by atoms with E-state index in [1.807, 2.05) is 0 Å². The third-order valence-corrected chi connectivity index (χ3v) is 8.29. The van der Waals surface area contributed by atoms with E-state index < -0.39 is 34.2 Å². The fraction of sp³-hybridized carbons (Fsp3) is 0.348. The summed E-state index contributed by atoms with van der Waals surface area (Å²) in [7, 11) is -4.30. The number of thiophene rings is 1. The van der Waals surface area contributed by atoms with Crippen molar-refractivity contribution >= 4 is 42.4 Å². The Labute approximate surface area is 227 Å². The molecule has 1 N–H and O–H groups in total. The van der Waals surface area contributed by atoms with E-state index in [9.17, 15) is 36.6 Å². The van der Waals surface area contributed by atoms with Gasteiger partial charge in [-0.05, 0) is 50.5 Å². The number of fused-ring (bicyclic) bond motifs is 1. The number of carbonyl (C=O) groups is 1. The van der Waals surface area contributed by atoms with Gasteiger partial charge in [0.2, 0.25) is 0 Å². The molecule has 6 nitrogen and oxygen atoms in total. The number of aromatic carboxylic acids is 1. The molecule has 0 saturated heterocycles. The van der Waals surface area contributed by atoms with Gasteiger partial charge in [0, 0.05) is 28.6 Å². The molecule has 1 aromatic heterocycles. The fourth-order valence-electron chi connectivity index (χ4n) is 3.60. The van der Waals surface area contributed by atoms with Crippen molar-refractivity contribution in [3.63, 3.8) is 0 Å². The monoisotopic (exact) mass is 537 g/mol. The minimum absolute atomic E-state index is 0. The molecule has 0 amide bonds. The maximum absolute atomic E-state index is 13.6. The molecule has 35 heavy (non-hydrogen) atoms. The summed E-state index contributed by atoms with van der Waals surface area (Å²) < 4.78 is 66.9. The van der Waals surface area contributed by atoms with Crippen LogP contribution in [0.2, 0.25) is 0 Å². The van der Waals surface area contributed by atoms with E-state index >= 15 is 0 Å². The van der Waals surface area contributed by atoms with Gasteiger partial charge in [-0.3, -0.25) is 4.31 Å². The fourth-order valence-corrected chi connectivity index (χ4v) is 6.71. The van der Waals surface area contributed by atoms with Crippen molar-refractivity contribution in [2.24, 2.45) is 0 Å². The first-order chi connectivity index (χ1) is 15.7. The van der Waals surface area contributed by atoms with Gasteiger partial charge in [0.1, 0.15) is 5.00 Å². The maximum Gasteiger partial charge on any atom is 1.00 e. The predicted octanol–water partition coefficient (Wildman–Crippen LogP) is 1.42. The quantitative estimate of drug-likeness (QED) is 0.329. The van der Waals surface area contributed by atoms with Crippen LogP contribution in [0.3, 0.4) is 0 Å². The molecule has 0 bridgehead atoms. The van der Waals surface area contributed by atoms with E-state index in [0.717, 1.165) is 39.9 Å². The number of nitrogens with zero attached hydrogens (tertiary/aromatic N) is 1. The Morgan fingerprint density at radius 2 is 1.66 bits per heavy atom. The summed E-state index contributed by atoms with van der Waals surface area (Å²) in [5.74, 6) is -1.47. The number of carbonyl (C=O) groups excluding carboxylic acids is 1. The number of hydrogen-bond donors (Lipinski definition) is 1. The standard InChI is InChI=1S/C23H24F3NO5S2.Na/c1-22(2,30)19-17-7-3-4-8-18(17)33-20(19)27(14-6-5-13-23(24,25)26)34(31,32)16-11-9-15(10-12-16)21(28)29;/h3-4,7-12,30H,5-6,13-14H2,1-2H3,(H,28,29);/q;+1/p-1. The number of carboxylic acid groups (broad SMARTS) is 1. The number of sulfonamides is 1. The summed E-state index contributed by atoms with van der Waals surface area (Å²) in [5.41, 5.74) is -1.32. The molecule has 0 aliphatic heterocycles. The van der Waals surface area contributed by atoms with Gasteiger partial charge in [0.25, 0.3) is 10.0 Å². The maximum atomic E-state index is 13.6. The molecular weight excluding hydrogens is 514 g/mol. The molecule has 3 aromatic rings. The zero-order valence-corrected chi connectivity index (χ0v) is 23.1. The van der Waals surface area contributed by atoms with Crippen molar-refractivity contribution < 1.29 is 66.2 Å². The molecule has 0 fully saturated rings. The van der Waals surface area contributed by atoms with E-state index in [1.165, 1.54) is 13.8 Å². The van der Waals surface area contributed by atoms with E-state index in [2.05, 4.69) is 0 Å². The first-order valence-corrected chi connectivity index (χ1v) is 12.6. The van der Waals surface area contributed by atoms with E-state index in [0.29, 0.717) is 15.6 Å². The van der Waals surface area contributed by atoms with Gasteiger partial charge in [-0.1, -0.05) is 30.3 Å². The van der Waals surface area contributed by atoms with E-state index in [4.69, 9.17) is 0 Å². The van der Waals surface area contributed by atoms with Crippen LogP contribution in [0, 0.1) is 0 Å². The van der Waals surface area contributed by atoms with Crippen LogP contribution in [-0.4, -0.2) is 32.2 Å². The number of anilines is 1. The van der Waals surface area contributed by atoms with Crippen molar-refractivity contribution in [2.75, 3.05) is 10.8 Å². The molecule has 0 aliphatic carbocycles. The molecule has 0 spiro atoms. The number of halogens is 3. The van der Waals surface area contributed by atoms with Crippen molar-refractivity contribution in [1.29, 1.82) is 0 Å². The normalized spacial score (nSPS) is 12.4. The number of rotatable bonds is 9. The van der Waals surface area contributed by atoms with Crippen LogP contribution in [0.4, 0.5) is 18.2 Å². The summed E-state index contributed by atoms with van der Waals surface area (Å²) in [6.45, 7) is 2.76. The van der Waals surface area contributed by atoms with Gasteiger partial charge in [-0.25, -0.2) is 8.42 Å². The van der Waals surface area contributed by atoms with Crippen molar-refractivity contribution in [3.8, 4) is 0 Å². The minimum Gasteiger partial charge on any atom is -0.545 e. The van der Waals surface area contributed by atoms with Crippen LogP contribution in [0.5, 0.6) is 0 Å². The van der Waals surface area contributed by atoms with Crippen molar-refractivity contribution in [2.45, 2.75) is 49.8 Å². The Morgan fingerprint density at radius 3 is 2.20 bits per heavy atom. The summed E-state index contributed by atoms with van der Waals surface area (Å²) >= 11 is 1.11.